The smallest absolute Gasteiger partial charge is 0.276 e. The maximum atomic E-state index is 12.3. The minimum absolute atomic E-state index is 0.250. The zero-order chi connectivity index (χ0) is 16.8. The number of anilines is 2. The number of hydrogen-bond acceptors (Lipinski definition) is 4. The molecule has 1 heterocycles. The Morgan fingerprint density at radius 2 is 1.91 bits per heavy atom. The summed E-state index contributed by atoms with van der Waals surface area (Å²) >= 11 is 0. The average molecular weight is 312 g/mol. The lowest BCUT2D eigenvalue weighted by Crippen LogP contribution is -2.16. The Hall–Kier alpha value is -2.43. The Morgan fingerprint density at radius 3 is 2.57 bits per heavy atom. The maximum absolute atomic E-state index is 12.3. The van der Waals surface area contributed by atoms with E-state index in [-0.39, 0.29) is 5.91 Å². The van der Waals surface area contributed by atoms with Gasteiger partial charge >= 0.3 is 0 Å². The van der Waals surface area contributed by atoms with Crippen molar-refractivity contribution in [3.8, 4) is 0 Å². The standard InChI is InChI=1S/C18H24N4O/c1-12(2)9-10-19-17-8-7-15(21-22-17)18(23)20-16-11-13(3)5-6-14(16)4/h5-8,11-12H,9-10H2,1-4H3,(H,19,22)(H,20,23). The topological polar surface area (TPSA) is 66.9 Å². The Bertz CT molecular complexity index is 665. The van der Waals surface area contributed by atoms with E-state index in [2.05, 4.69) is 34.7 Å². The lowest BCUT2D eigenvalue weighted by molar-refractivity contribution is 0.102. The number of aromatic nitrogens is 2. The number of carbonyl (C=O) groups is 1. The van der Waals surface area contributed by atoms with Crippen LogP contribution >= 0.6 is 0 Å². The summed E-state index contributed by atoms with van der Waals surface area (Å²) in [5.74, 6) is 1.08. The van der Waals surface area contributed by atoms with Crippen LogP contribution in [0.25, 0.3) is 0 Å². The highest BCUT2D eigenvalue weighted by Gasteiger charge is 2.10. The second-order valence-electron chi connectivity index (χ2n) is 6.19. The lowest BCUT2D eigenvalue weighted by Gasteiger charge is -2.09. The second-order valence-corrected chi connectivity index (χ2v) is 6.19. The van der Waals surface area contributed by atoms with Crippen molar-refractivity contribution >= 4 is 17.4 Å². The molecule has 5 nitrogen and oxygen atoms in total. The minimum Gasteiger partial charge on any atom is -0.369 e. The molecule has 0 aliphatic carbocycles. The molecule has 0 aliphatic rings. The van der Waals surface area contributed by atoms with Crippen molar-refractivity contribution in [2.75, 3.05) is 17.2 Å². The van der Waals surface area contributed by atoms with Crippen LogP contribution in [0, 0.1) is 19.8 Å². The van der Waals surface area contributed by atoms with Gasteiger partial charge in [0.1, 0.15) is 5.82 Å². The molecule has 0 fully saturated rings. The molecule has 2 aromatic rings. The molecule has 0 aliphatic heterocycles. The monoisotopic (exact) mass is 312 g/mol. The fourth-order valence-corrected chi connectivity index (χ4v) is 2.09. The zero-order valence-corrected chi connectivity index (χ0v) is 14.2. The van der Waals surface area contributed by atoms with E-state index in [9.17, 15) is 4.79 Å². The van der Waals surface area contributed by atoms with Crippen LogP contribution in [0.2, 0.25) is 0 Å². The molecule has 0 atom stereocenters. The van der Waals surface area contributed by atoms with Crippen LogP contribution < -0.4 is 10.6 Å². The first-order chi connectivity index (χ1) is 11.0. The molecule has 0 radical (unpaired) electrons. The molecule has 1 amide bonds. The number of benzene rings is 1. The third kappa shape index (κ3) is 5.06. The summed E-state index contributed by atoms with van der Waals surface area (Å²) in [6.45, 7) is 9.15. The summed E-state index contributed by atoms with van der Waals surface area (Å²) in [6.07, 6.45) is 1.07. The molecule has 0 bridgehead atoms. The van der Waals surface area contributed by atoms with Crippen molar-refractivity contribution in [1.82, 2.24) is 10.2 Å². The van der Waals surface area contributed by atoms with Gasteiger partial charge in [-0.2, -0.15) is 0 Å². The highest BCUT2D eigenvalue weighted by molar-refractivity contribution is 6.03. The highest BCUT2D eigenvalue weighted by Crippen LogP contribution is 2.17. The van der Waals surface area contributed by atoms with Gasteiger partial charge in [-0.1, -0.05) is 26.0 Å². The molecule has 0 saturated heterocycles. The van der Waals surface area contributed by atoms with Gasteiger partial charge in [-0.05, 0) is 55.5 Å². The van der Waals surface area contributed by atoms with Gasteiger partial charge in [0.2, 0.25) is 0 Å². The SMILES string of the molecule is Cc1ccc(C)c(NC(=O)c2ccc(NCCC(C)C)nn2)c1. The number of nitrogens with one attached hydrogen (secondary N) is 2. The number of hydrogen-bond donors (Lipinski definition) is 2. The number of aryl methyl sites for hydroxylation is 2. The predicted molar refractivity (Wildman–Crippen MR) is 93.8 cm³/mol. The molecule has 122 valence electrons. The van der Waals surface area contributed by atoms with Gasteiger partial charge in [0.25, 0.3) is 5.91 Å². The number of nitrogens with zero attached hydrogens (tertiary/aromatic N) is 2. The molecular formula is C18H24N4O. The van der Waals surface area contributed by atoms with E-state index in [0.29, 0.717) is 17.4 Å². The summed E-state index contributed by atoms with van der Waals surface area (Å²) in [4.78, 5) is 12.3. The van der Waals surface area contributed by atoms with Crippen molar-refractivity contribution < 1.29 is 4.79 Å². The summed E-state index contributed by atoms with van der Waals surface area (Å²) in [7, 11) is 0. The van der Waals surface area contributed by atoms with Gasteiger partial charge in [-0.25, -0.2) is 0 Å². The molecule has 0 saturated carbocycles. The molecule has 1 aromatic heterocycles. The van der Waals surface area contributed by atoms with Crippen molar-refractivity contribution in [3.63, 3.8) is 0 Å². The Kier molecular flexibility index (Phi) is 5.68. The number of amides is 1. The molecule has 2 rings (SSSR count). The molecular weight excluding hydrogens is 288 g/mol. The quantitative estimate of drug-likeness (QED) is 0.851. The van der Waals surface area contributed by atoms with Crippen LogP contribution in [0.4, 0.5) is 11.5 Å². The largest absolute Gasteiger partial charge is 0.369 e. The summed E-state index contributed by atoms with van der Waals surface area (Å²) in [5, 5.41) is 14.1. The van der Waals surface area contributed by atoms with Gasteiger partial charge in [0.15, 0.2) is 5.69 Å². The highest BCUT2D eigenvalue weighted by atomic mass is 16.1. The van der Waals surface area contributed by atoms with E-state index < -0.39 is 0 Å². The second kappa shape index (κ2) is 7.72. The average Bonchev–Trinajstić information content (AvgIpc) is 2.51. The molecule has 0 spiro atoms. The summed E-state index contributed by atoms with van der Waals surface area (Å²) < 4.78 is 0. The Labute approximate surface area is 137 Å². The van der Waals surface area contributed by atoms with Crippen LogP contribution in [-0.2, 0) is 0 Å². The van der Waals surface area contributed by atoms with Crippen LogP contribution in [0.1, 0.15) is 41.9 Å². The van der Waals surface area contributed by atoms with E-state index in [4.69, 9.17) is 0 Å². The molecule has 2 N–H and O–H groups in total. The first-order valence-corrected chi connectivity index (χ1v) is 7.92. The fourth-order valence-electron chi connectivity index (χ4n) is 2.09. The van der Waals surface area contributed by atoms with Crippen LogP contribution in [0.5, 0.6) is 0 Å². The first-order valence-electron chi connectivity index (χ1n) is 7.92. The van der Waals surface area contributed by atoms with Crippen molar-refractivity contribution in [2.45, 2.75) is 34.1 Å². The number of carbonyl (C=O) groups excluding carboxylic acids is 1. The maximum Gasteiger partial charge on any atom is 0.276 e. The van der Waals surface area contributed by atoms with Gasteiger partial charge in [0, 0.05) is 12.2 Å². The zero-order valence-electron chi connectivity index (χ0n) is 14.2. The summed E-state index contributed by atoms with van der Waals surface area (Å²) in [5.41, 5.74) is 3.22. The number of rotatable bonds is 6. The van der Waals surface area contributed by atoms with E-state index in [1.165, 1.54) is 0 Å². The van der Waals surface area contributed by atoms with Crippen molar-refractivity contribution in [1.29, 1.82) is 0 Å². The van der Waals surface area contributed by atoms with E-state index in [1.807, 2.05) is 32.0 Å². The molecule has 5 heteroatoms. The molecule has 0 unspecified atom stereocenters. The summed E-state index contributed by atoms with van der Waals surface area (Å²) in [6, 6.07) is 9.42. The van der Waals surface area contributed by atoms with Gasteiger partial charge in [-0.3, -0.25) is 4.79 Å². The third-order valence-corrected chi connectivity index (χ3v) is 3.57. The fraction of sp³-hybridized carbons (Fsp3) is 0.389. The van der Waals surface area contributed by atoms with Crippen molar-refractivity contribution in [2.24, 2.45) is 5.92 Å². The van der Waals surface area contributed by atoms with Crippen molar-refractivity contribution in [3.05, 3.63) is 47.2 Å². The predicted octanol–water partition coefficient (Wildman–Crippen LogP) is 3.80. The lowest BCUT2D eigenvalue weighted by atomic mass is 10.1. The Morgan fingerprint density at radius 1 is 1.13 bits per heavy atom. The third-order valence-electron chi connectivity index (χ3n) is 3.57. The van der Waals surface area contributed by atoms with E-state index in [0.717, 1.165) is 29.8 Å². The van der Waals surface area contributed by atoms with Gasteiger partial charge in [-0.15, -0.1) is 10.2 Å². The molecule has 1 aromatic carbocycles. The minimum atomic E-state index is -0.250. The Balaban J connectivity index is 1.98. The van der Waals surface area contributed by atoms with Gasteiger partial charge in [0.05, 0.1) is 0 Å². The normalized spacial score (nSPS) is 10.7. The van der Waals surface area contributed by atoms with E-state index >= 15 is 0 Å². The van der Waals surface area contributed by atoms with E-state index in [1.54, 1.807) is 12.1 Å². The van der Waals surface area contributed by atoms with Crippen LogP contribution in [0.15, 0.2) is 30.3 Å². The van der Waals surface area contributed by atoms with Crippen LogP contribution in [-0.4, -0.2) is 22.6 Å². The molecule has 23 heavy (non-hydrogen) atoms. The van der Waals surface area contributed by atoms with Crippen LogP contribution in [0.3, 0.4) is 0 Å². The first kappa shape index (κ1) is 16.9. The van der Waals surface area contributed by atoms with Gasteiger partial charge < -0.3 is 10.6 Å².